The normalized spacial score (nSPS) is 19.9. The Labute approximate surface area is 232 Å². The van der Waals surface area contributed by atoms with E-state index in [1.807, 2.05) is 36.4 Å². The van der Waals surface area contributed by atoms with Gasteiger partial charge in [0.05, 0.1) is 17.9 Å². The van der Waals surface area contributed by atoms with Gasteiger partial charge in [0.1, 0.15) is 18.0 Å². The number of carbonyl (C=O) groups is 1. The minimum absolute atomic E-state index is 0.0930. The molecule has 4 nitrogen and oxygen atoms in total. The number of nitrogens with zero attached hydrogens (tertiary/aromatic N) is 2. The predicted molar refractivity (Wildman–Crippen MR) is 148 cm³/mol. The average Bonchev–Trinajstić information content (AvgIpc) is 2.88. The summed E-state index contributed by atoms with van der Waals surface area (Å²) in [6.45, 7) is 0. The Hall–Kier alpha value is -2.52. The molecule has 0 N–H and O–H groups in total. The van der Waals surface area contributed by atoms with Crippen molar-refractivity contribution in [2.75, 3.05) is 4.90 Å². The van der Waals surface area contributed by atoms with Crippen LogP contribution in [0.4, 0.5) is 10.1 Å². The monoisotopic (exact) mass is 632 g/mol. The molecule has 1 aromatic heterocycles. The summed E-state index contributed by atoms with van der Waals surface area (Å²) in [7, 11) is 0. The van der Waals surface area contributed by atoms with Gasteiger partial charge in [0.15, 0.2) is 0 Å². The molecule has 5 rings (SSSR count). The zero-order valence-electron chi connectivity index (χ0n) is 18.8. The van der Waals surface area contributed by atoms with E-state index in [9.17, 15) is 9.18 Å². The lowest BCUT2D eigenvalue weighted by molar-refractivity contribution is -0.145. The second-order valence-corrected chi connectivity index (χ2v) is 10.6. The molecular formula is C28H20Cl2FIN2O2. The van der Waals surface area contributed by atoms with Gasteiger partial charge >= 0.3 is 0 Å². The molecule has 1 aliphatic heterocycles. The first-order valence-electron chi connectivity index (χ1n) is 11.2. The first-order chi connectivity index (χ1) is 17.4. The summed E-state index contributed by atoms with van der Waals surface area (Å²) in [5, 5.41) is 1.18. The molecule has 0 radical (unpaired) electrons. The molecule has 0 bridgehead atoms. The smallest absolute Gasteiger partial charge is 0.257 e. The summed E-state index contributed by atoms with van der Waals surface area (Å²) in [4.78, 5) is 19.9. The van der Waals surface area contributed by atoms with Gasteiger partial charge in [0, 0.05) is 26.2 Å². The van der Waals surface area contributed by atoms with Crippen molar-refractivity contribution in [3.63, 3.8) is 0 Å². The summed E-state index contributed by atoms with van der Waals surface area (Å²) in [6.07, 6.45) is 1.92. The molecule has 1 fully saturated rings. The highest BCUT2D eigenvalue weighted by molar-refractivity contribution is 14.1. The van der Waals surface area contributed by atoms with Crippen LogP contribution in [0.2, 0.25) is 10.0 Å². The average molecular weight is 633 g/mol. The van der Waals surface area contributed by atoms with Gasteiger partial charge in [0.2, 0.25) is 0 Å². The largest absolute Gasteiger partial charge is 0.358 e. The molecule has 8 heteroatoms. The van der Waals surface area contributed by atoms with Gasteiger partial charge in [-0.05, 0) is 87.8 Å². The molecule has 0 saturated carbocycles. The topological polar surface area (TPSA) is 42.4 Å². The fraction of sp³-hybridized carbons (Fsp3) is 0.143. The number of halogens is 4. The van der Waals surface area contributed by atoms with Crippen LogP contribution in [0.1, 0.15) is 28.8 Å². The highest BCUT2D eigenvalue weighted by Gasteiger charge is 2.45. The molecule has 1 amide bonds. The van der Waals surface area contributed by atoms with Crippen LogP contribution in [0, 0.1) is 9.39 Å². The number of benzene rings is 3. The molecule has 2 heterocycles. The molecule has 36 heavy (non-hydrogen) atoms. The van der Waals surface area contributed by atoms with Crippen LogP contribution in [0.3, 0.4) is 0 Å². The van der Waals surface area contributed by atoms with E-state index in [-0.39, 0.29) is 18.1 Å². The number of aromatic nitrogens is 1. The van der Waals surface area contributed by atoms with Gasteiger partial charge < -0.3 is 4.74 Å². The molecule has 4 aromatic rings. The van der Waals surface area contributed by atoms with Crippen LogP contribution in [-0.4, -0.2) is 17.0 Å². The molecule has 182 valence electrons. The molecule has 1 unspecified atom stereocenters. The number of pyridine rings is 1. The van der Waals surface area contributed by atoms with Crippen molar-refractivity contribution in [3.05, 3.63) is 127 Å². The first kappa shape index (κ1) is 25.1. The predicted octanol–water partition coefficient (Wildman–Crippen LogP) is 7.59. The Morgan fingerprint density at radius 2 is 1.61 bits per heavy atom. The van der Waals surface area contributed by atoms with Crippen LogP contribution in [0.15, 0.2) is 91.3 Å². The van der Waals surface area contributed by atoms with Crippen LogP contribution >= 0.6 is 45.8 Å². The quantitative estimate of drug-likeness (QED) is 0.213. The highest BCUT2D eigenvalue weighted by atomic mass is 127. The van der Waals surface area contributed by atoms with E-state index < -0.39 is 18.2 Å². The van der Waals surface area contributed by atoms with Crippen molar-refractivity contribution in [3.8, 4) is 0 Å². The third-order valence-electron chi connectivity index (χ3n) is 6.14. The SMILES string of the molecule is O=C1[C@@H](Cc2ccc(I)cc2F)O[C@H](c2ccc(Cl)cc2)C(c2ccc(Cl)cc2)N1c1cccnc1. The van der Waals surface area contributed by atoms with Crippen LogP contribution in [0.5, 0.6) is 0 Å². The molecule has 1 saturated heterocycles. The maximum absolute atomic E-state index is 14.8. The number of anilines is 1. The van der Waals surface area contributed by atoms with Crippen molar-refractivity contribution in [2.24, 2.45) is 0 Å². The van der Waals surface area contributed by atoms with E-state index in [2.05, 4.69) is 27.6 Å². The summed E-state index contributed by atoms with van der Waals surface area (Å²) in [5.41, 5.74) is 2.72. The van der Waals surface area contributed by atoms with Crippen LogP contribution in [0.25, 0.3) is 0 Å². The standard InChI is InChI=1S/C28H20Cl2FIN2O2/c29-20-8-3-17(4-9-20)26-27(18-5-10-21(30)11-6-18)36-25(14-19-7-12-22(32)15-24(19)31)28(35)34(26)23-2-1-13-33-16-23/h1-13,15-16,25-27H,14H2/t25-,26?,27-/m1/s1. The third kappa shape index (κ3) is 5.27. The van der Waals surface area contributed by atoms with Gasteiger partial charge in [-0.15, -0.1) is 0 Å². The van der Waals surface area contributed by atoms with Crippen LogP contribution < -0.4 is 4.90 Å². The second kappa shape index (κ2) is 10.8. The van der Waals surface area contributed by atoms with E-state index in [0.717, 1.165) is 14.7 Å². The number of morpholine rings is 1. The minimum Gasteiger partial charge on any atom is -0.358 e. The van der Waals surface area contributed by atoms with Gasteiger partial charge in [-0.2, -0.15) is 0 Å². The van der Waals surface area contributed by atoms with Crippen LogP contribution in [-0.2, 0) is 16.0 Å². The number of amides is 1. The first-order valence-corrected chi connectivity index (χ1v) is 13.1. The van der Waals surface area contributed by atoms with Crippen molar-refractivity contribution in [1.82, 2.24) is 4.98 Å². The molecule has 3 aromatic carbocycles. The molecule has 1 aliphatic rings. The second-order valence-electron chi connectivity index (χ2n) is 8.45. The number of ether oxygens (including phenoxy) is 1. The summed E-state index contributed by atoms with van der Waals surface area (Å²) < 4.78 is 22.1. The summed E-state index contributed by atoms with van der Waals surface area (Å²) in [5.74, 6) is -0.639. The molecule has 3 atom stereocenters. The van der Waals surface area contributed by atoms with Gasteiger partial charge in [0.25, 0.3) is 5.91 Å². The van der Waals surface area contributed by atoms with Crippen molar-refractivity contribution >= 4 is 57.4 Å². The lowest BCUT2D eigenvalue weighted by Crippen LogP contribution is -2.52. The maximum Gasteiger partial charge on any atom is 0.257 e. The summed E-state index contributed by atoms with van der Waals surface area (Å²) >= 11 is 14.4. The van der Waals surface area contributed by atoms with E-state index in [0.29, 0.717) is 21.3 Å². The van der Waals surface area contributed by atoms with Gasteiger partial charge in [-0.25, -0.2) is 4.39 Å². The Balaban J connectivity index is 1.64. The maximum atomic E-state index is 14.8. The zero-order chi connectivity index (χ0) is 25.2. The van der Waals surface area contributed by atoms with E-state index in [1.165, 1.54) is 6.07 Å². The van der Waals surface area contributed by atoms with E-state index in [1.54, 1.807) is 53.7 Å². The Kier molecular flexibility index (Phi) is 7.57. The van der Waals surface area contributed by atoms with Crippen molar-refractivity contribution in [2.45, 2.75) is 24.7 Å². The summed E-state index contributed by atoms with van der Waals surface area (Å²) in [6, 6.07) is 22.8. The Morgan fingerprint density at radius 1 is 0.944 bits per heavy atom. The molecule has 0 spiro atoms. The van der Waals surface area contributed by atoms with E-state index in [4.69, 9.17) is 27.9 Å². The fourth-order valence-corrected chi connectivity index (χ4v) is 5.15. The number of carbonyl (C=O) groups excluding carboxylic acids is 1. The lowest BCUT2D eigenvalue weighted by atomic mass is 9.90. The Morgan fingerprint density at radius 3 is 2.22 bits per heavy atom. The number of hydrogen-bond donors (Lipinski definition) is 0. The third-order valence-corrected chi connectivity index (χ3v) is 7.32. The highest BCUT2D eigenvalue weighted by Crippen LogP contribution is 2.45. The minimum atomic E-state index is -0.913. The zero-order valence-corrected chi connectivity index (χ0v) is 22.5. The molecule has 0 aliphatic carbocycles. The number of hydrogen-bond acceptors (Lipinski definition) is 3. The van der Waals surface area contributed by atoms with Crippen molar-refractivity contribution in [1.29, 1.82) is 0 Å². The molecular weight excluding hydrogens is 613 g/mol. The van der Waals surface area contributed by atoms with Gasteiger partial charge in [-0.3, -0.25) is 14.7 Å². The lowest BCUT2D eigenvalue weighted by Gasteiger charge is -2.44. The number of rotatable bonds is 5. The fourth-order valence-electron chi connectivity index (χ4n) is 4.44. The van der Waals surface area contributed by atoms with Crippen molar-refractivity contribution < 1.29 is 13.9 Å². The Bertz CT molecular complexity index is 1370. The van der Waals surface area contributed by atoms with Gasteiger partial charge in [-0.1, -0.05) is 53.5 Å². The van der Waals surface area contributed by atoms with E-state index >= 15 is 0 Å².